The van der Waals surface area contributed by atoms with E-state index in [0.717, 1.165) is 13.8 Å². The van der Waals surface area contributed by atoms with Crippen LogP contribution in [0.15, 0.2) is 0 Å². The van der Waals surface area contributed by atoms with Gasteiger partial charge in [0, 0.05) is 19.5 Å². The maximum Gasteiger partial charge on any atom is 0.386 e. The second kappa shape index (κ2) is 5.51. The lowest BCUT2D eigenvalue weighted by atomic mass is 10.9. The zero-order valence-electron chi connectivity index (χ0n) is 7.24. The van der Waals surface area contributed by atoms with Gasteiger partial charge in [0.1, 0.15) is 0 Å². The molecule has 0 aromatic carbocycles. The normalized spacial score (nSPS) is 20.6. The monoisotopic (exact) mass is 250 g/mol. The molecule has 80 valence electrons. The molecule has 0 fully saturated rings. The zero-order chi connectivity index (χ0) is 10.5. The third-order valence-electron chi connectivity index (χ3n) is 0.899. The molecule has 0 spiro atoms. The van der Waals surface area contributed by atoms with Gasteiger partial charge in [-0.3, -0.25) is 4.57 Å². The summed E-state index contributed by atoms with van der Waals surface area (Å²) >= 11 is 0.651. The van der Waals surface area contributed by atoms with Crippen LogP contribution in [0.1, 0.15) is 0 Å². The van der Waals surface area contributed by atoms with E-state index >= 15 is 0 Å². The lowest BCUT2D eigenvalue weighted by Crippen LogP contribution is -1.94. The second-order valence-electron chi connectivity index (χ2n) is 2.12. The Bertz CT molecular complexity index is 237. The van der Waals surface area contributed by atoms with Crippen LogP contribution in [0.25, 0.3) is 0 Å². The Labute approximate surface area is 80.4 Å². The van der Waals surface area contributed by atoms with E-state index in [1.165, 1.54) is 0 Å². The highest BCUT2D eigenvalue weighted by Gasteiger charge is 2.18. The van der Waals surface area contributed by atoms with Crippen LogP contribution in [0.3, 0.4) is 0 Å². The van der Waals surface area contributed by atoms with Crippen molar-refractivity contribution in [2.75, 3.05) is 26.1 Å². The van der Waals surface area contributed by atoms with E-state index in [1.54, 1.807) is 0 Å². The van der Waals surface area contributed by atoms with Crippen molar-refractivity contribution in [3.63, 3.8) is 0 Å². The summed E-state index contributed by atoms with van der Waals surface area (Å²) in [5.74, 6) is 0.125. The fraction of sp³-hybridized carbons (Fsp3) is 1.00. The van der Waals surface area contributed by atoms with Crippen LogP contribution < -0.4 is 0 Å². The second-order valence-corrected chi connectivity index (χ2v) is 8.11. The Balaban J connectivity index is 3.59. The number of hydrogen-bond donors (Lipinski definition) is 2. The summed E-state index contributed by atoms with van der Waals surface area (Å²) < 4.78 is 30.1. The van der Waals surface area contributed by atoms with Gasteiger partial charge in [-0.05, 0) is 11.4 Å². The van der Waals surface area contributed by atoms with E-state index in [9.17, 15) is 9.13 Å². The average Bonchev–Trinajstić information content (AvgIpc) is 1.97. The van der Waals surface area contributed by atoms with E-state index in [-0.39, 0.29) is 12.4 Å². The minimum absolute atomic E-state index is 0.0666. The van der Waals surface area contributed by atoms with E-state index in [1.807, 2.05) is 0 Å². The lowest BCUT2D eigenvalue weighted by molar-refractivity contribution is 0.281. The molecule has 0 heterocycles. The molecule has 0 aliphatic rings. The fourth-order valence-electron chi connectivity index (χ4n) is 0.412. The molecule has 0 saturated carbocycles. The Morgan fingerprint density at radius 2 is 1.92 bits per heavy atom. The standard InChI is InChI=1S/C4H12O6P2S/c1-9-12(7,8)13-4-3-10-11(2,5)6/h3-4H2,1-2H3,(H,5,6)(H,7,8). The average molecular weight is 250 g/mol. The molecular formula is C4H12O6P2S. The summed E-state index contributed by atoms with van der Waals surface area (Å²) in [6.07, 6.45) is 0. The quantitative estimate of drug-likeness (QED) is 0.542. The van der Waals surface area contributed by atoms with Crippen molar-refractivity contribution in [3.05, 3.63) is 0 Å². The van der Waals surface area contributed by atoms with E-state index < -0.39 is 14.4 Å². The van der Waals surface area contributed by atoms with Gasteiger partial charge in [0.2, 0.25) is 0 Å². The highest BCUT2D eigenvalue weighted by Crippen LogP contribution is 2.54. The summed E-state index contributed by atoms with van der Waals surface area (Å²) in [5, 5.41) is 0. The van der Waals surface area contributed by atoms with Crippen LogP contribution in [0.4, 0.5) is 0 Å². The van der Waals surface area contributed by atoms with Crippen molar-refractivity contribution in [1.29, 1.82) is 0 Å². The predicted octanol–water partition coefficient (Wildman–Crippen LogP) is 1.30. The maximum atomic E-state index is 10.8. The fourth-order valence-corrected chi connectivity index (χ4v) is 2.69. The summed E-state index contributed by atoms with van der Waals surface area (Å²) in [4.78, 5) is 17.5. The maximum absolute atomic E-state index is 10.8. The van der Waals surface area contributed by atoms with Gasteiger partial charge in [0.25, 0.3) is 0 Å². The first-order valence-corrected chi connectivity index (χ1v) is 8.44. The van der Waals surface area contributed by atoms with Crippen molar-refractivity contribution < 1.29 is 28.0 Å². The van der Waals surface area contributed by atoms with Crippen molar-refractivity contribution in [1.82, 2.24) is 0 Å². The molecule has 0 aromatic heterocycles. The third-order valence-corrected chi connectivity index (χ3v) is 4.67. The van der Waals surface area contributed by atoms with Gasteiger partial charge in [0.05, 0.1) is 6.61 Å². The van der Waals surface area contributed by atoms with Crippen LogP contribution >= 0.6 is 25.8 Å². The van der Waals surface area contributed by atoms with Gasteiger partial charge in [-0.15, -0.1) is 0 Å². The van der Waals surface area contributed by atoms with E-state index in [0.29, 0.717) is 11.4 Å². The highest BCUT2D eigenvalue weighted by molar-refractivity contribution is 8.54. The zero-order valence-corrected chi connectivity index (χ0v) is 9.85. The van der Waals surface area contributed by atoms with Gasteiger partial charge >= 0.3 is 14.4 Å². The lowest BCUT2D eigenvalue weighted by Gasteiger charge is -2.08. The Morgan fingerprint density at radius 3 is 2.31 bits per heavy atom. The topological polar surface area (TPSA) is 93.1 Å². The SMILES string of the molecule is COP(=O)(O)SCCOP(C)(=O)O. The molecule has 0 bridgehead atoms. The van der Waals surface area contributed by atoms with Crippen molar-refractivity contribution in [3.8, 4) is 0 Å². The molecule has 6 nitrogen and oxygen atoms in total. The van der Waals surface area contributed by atoms with Gasteiger partial charge in [0.15, 0.2) is 0 Å². The predicted molar refractivity (Wildman–Crippen MR) is 51.0 cm³/mol. The summed E-state index contributed by atoms with van der Waals surface area (Å²) in [5.41, 5.74) is 0. The molecule has 0 aliphatic carbocycles. The summed E-state index contributed by atoms with van der Waals surface area (Å²) in [7, 11) is -2.37. The summed E-state index contributed by atoms with van der Waals surface area (Å²) in [6.45, 7) is -2.61. The molecule has 2 atom stereocenters. The van der Waals surface area contributed by atoms with Crippen molar-refractivity contribution in [2.45, 2.75) is 0 Å². The molecule has 0 radical (unpaired) electrons. The molecular weight excluding hydrogens is 238 g/mol. The first-order valence-electron chi connectivity index (χ1n) is 3.25. The number of rotatable bonds is 6. The Hall–Kier alpha value is 0.650. The molecule has 0 aromatic rings. The van der Waals surface area contributed by atoms with Crippen LogP contribution in [0.5, 0.6) is 0 Å². The molecule has 9 heteroatoms. The van der Waals surface area contributed by atoms with Crippen LogP contribution in [0.2, 0.25) is 0 Å². The van der Waals surface area contributed by atoms with E-state index in [2.05, 4.69) is 9.05 Å². The third kappa shape index (κ3) is 8.97. The van der Waals surface area contributed by atoms with Gasteiger partial charge in [-0.1, -0.05) is 0 Å². The molecule has 13 heavy (non-hydrogen) atoms. The largest absolute Gasteiger partial charge is 0.386 e. The molecule has 0 aliphatic heterocycles. The van der Waals surface area contributed by atoms with Gasteiger partial charge in [-0.25, -0.2) is 4.57 Å². The molecule has 0 rings (SSSR count). The first kappa shape index (κ1) is 13.7. The van der Waals surface area contributed by atoms with Gasteiger partial charge < -0.3 is 18.8 Å². The Kier molecular flexibility index (Phi) is 5.79. The smallest absolute Gasteiger partial charge is 0.324 e. The molecule has 0 saturated heterocycles. The van der Waals surface area contributed by atoms with Gasteiger partial charge in [-0.2, -0.15) is 0 Å². The first-order chi connectivity index (χ1) is 5.77. The molecule has 0 amide bonds. The van der Waals surface area contributed by atoms with E-state index in [4.69, 9.17) is 9.79 Å². The molecule has 2 unspecified atom stereocenters. The Morgan fingerprint density at radius 1 is 1.38 bits per heavy atom. The van der Waals surface area contributed by atoms with Crippen LogP contribution in [-0.4, -0.2) is 35.9 Å². The van der Waals surface area contributed by atoms with Crippen LogP contribution in [0, 0.1) is 0 Å². The summed E-state index contributed by atoms with van der Waals surface area (Å²) in [6, 6.07) is 0. The molecule has 2 N–H and O–H groups in total. The van der Waals surface area contributed by atoms with Crippen molar-refractivity contribution in [2.24, 2.45) is 0 Å². The number of hydrogen-bond acceptors (Lipinski definition) is 5. The van der Waals surface area contributed by atoms with Crippen LogP contribution in [-0.2, 0) is 18.2 Å². The minimum Gasteiger partial charge on any atom is -0.324 e. The highest BCUT2D eigenvalue weighted by atomic mass is 32.7. The minimum atomic E-state index is -3.59. The van der Waals surface area contributed by atoms with Crippen molar-refractivity contribution >= 4 is 25.8 Å².